The predicted molar refractivity (Wildman–Crippen MR) is 100 cm³/mol. The Morgan fingerprint density at radius 1 is 1.40 bits per heavy atom. The molecule has 2 aliphatic heterocycles. The lowest BCUT2D eigenvalue weighted by Gasteiger charge is -2.33. The van der Waals surface area contributed by atoms with Gasteiger partial charge in [-0.1, -0.05) is 0 Å². The summed E-state index contributed by atoms with van der Waals surface area (Å²) >= 11 is 4.51. The lowest BCUT2D eigenvalue weighted by Crippen LogP contribution is -2.46. The molecule has 2 atom stereocenters. The topological polar surface area (TPSA) is 66.9 Å². The van der Waals surface area contributed by atoms with Gasteiger partial charge in [-0.3, -0.25) is 4.79 Å². The largest absolute Gasteiger partial charge is 0.376 e. The summed E-state index contributed by atoms with van der Waals surface area (Å²) in [5.41, 5.74) is 0. The monoisotopic (exact) mass is 450 g/mol. The van der Waals surface area contributed by atoms with Gasteiger partial charge in [0.1, 0.15) is 4.21 Å². The fourth-order valence-corrected chi connectivity index (χ4v) is 7.11. The first-order chi connectivity index (χ1) is 11.9. The standard InChI is InChI=1S/C16H23BrN2O4S2/c1-18(11-13-5-3-9-23-13)16(20)12-4-2-8-19(10-12)25(21,22)15-7-6-14(17)24-15/h6-7,12-13H,2-5,8-11H2,1H3. The van der Waals surface area contributed by atoms with Gasteiger partial charge >= 0.3 is 0 Å². The second kappa shape index (κ2) is 8.04. The SMILES string of the molecule is CN(CC1CCCO1)C(=O)C1CCCN(S(=O)(=O)c2ccc(Br)s2)C1. The Balaban J connectivity index is 1.65. The minimum Gasteiger partial charge on any atom is -0.376 e. The Morgan fingerprint density at radius 3 is 2.84 bits per heavy atom. The number of amides is 1. The maximum absolute atomic E-state index is 12.8. The third-order valence-electron chi connectivity index (χ3n) is 4.75. The number of nitrogens with zero attached hydrogens (tertiary/aromatic N) is 2. The summed E-state index contributed by atoms with van der Waals surface area (Å²) in [6, 6.07) is 3.35. The molecule has 2 unspecified atom stereocenters. The minimum atomic E-state index is -3.53. The van der Waals surface area contributed by atoms with Crippen molar-refractivity contribution in [1.29, 1.82) is 0 Å². The number of sulfonamides is 1. The van der Waals surface area contributed by atoms with Crippen LogP contribution < -0.4 is 0 Å². The summed E-state index contributed by atoms with van der Waals surface area (Å²) in [7, 11) is -1.74. The van der Waals surface area contributed by atoms with Crippen molar-refractivity contribution >= 4 is 43.2 Å². The Hall–Kier alpha value is -0.480. The van der Waals surface area contributed by atoms with Gasteiger partial charge in [0.05, 0.1) is 15.8 Å². The van der Waals surface area contributed by atoms with Crippen molar-refractivity contribution in [2.75, 3.05) is 33.3 Å². The van der Waals surface area contributed by atoms with Crippen LogP contribution in [0.2, 0.25) is 0 Å². The predicted octanol–water partition coefficient (Wildman–Crippen LogP) is 2.55. The van der Waals surface area contributed by atoms with Crippen molar-refractivity contribution in [1.82, 2.24) is 9.21 Å². The highest BCUT2D eigenvalue weighted by molar-refractivity contribution is 9.11. The van der Waals surface area contributed by atoms with E-state index in [-0.39, 0.29) is 24.5 Å². The van der Waals surface area contributed by atoms with Crippen molar-refractivity contribution in [3.05, 3.63) is 15.9 Å². The van der Waals surface area contributed by atoms with E-state index in [2.05, 4.69) is 15.9 Å². The number of carbonyl (C=O) groups is 1. The number of hydrogen-bond donors (Lipinski definition) is 0. The molecule has 3 rings (SSSR count). The van der Waals surface area contributed by atoms with Gasteiger partial charge in [0.25, 0.3) is 10.0 Å². The van der Waals surface area contributed by atoms with Crippen molar-refractivity contribution in [2.45, 2.75) is 36.0 Å². The van der Waals surface area contributed by atoms with Gasteiger partial charge < -0.3 is 9.64 Å². The zero-order chi connectivity index (χ0) is 18.0. The number of likely N-dealkylation sites (N-methyl/N-ethyl adjacent to an activating group) is 1. The van der Waals surface area contributed by atoms with E-state index in [0.29, 0.717) is 23.7 Å². The van der Waals surface area contributed by atoms with Gasteiger partial charge in [-0.15, -0.1) is 11.3 Å². The zero-order valence-electron chi connectivity index (χ0n) is 14.2. The number of carbonyl (C=O) groups excluding carboxylic acids is 1. The molecule has 0 aromatic carbocycles. The molecule has 3 heterocycles. The Morgan fingerprint density at radius 2 is 2.20 bits per heavy atom. The van der Waals surface area contributed by atoms with E-state index in [1.165, 1.54) is 15.6 Å². The van der Waals surface area contributed by atoms with E-state index in [0.717, 1.165) is 29.7 Å². The fourth-order valence-electron chi connectivity index (χ4n) is 3.42. The molecule has 9 heteroatoms. The number of halogens is 1. The third kappa shape index (κ3) is 4.44. The lowest BCUT2D eigenvalue weighted by molar-refractivity contribution is -0.136. The van der Waals surface area contributed by atoms with Crippen LogP contribution >= 0.6 is 27.3 Å². The summed E-state index contributed by atoms with van der Waals surface area (Å²) < 4.78 is 33.7. The molecule has 1 aromatic rings. The van der Waals surface area contributed by atoms with Crippen LogP contribution in [0.1, 0.15) is 25.7 Å². The summed E-state index contributed by atoms with van der Waals surface area (Å²) in [6.07, 6.45) is 3.57. The zero-order valence-corrected chi connectivity index (χ0v) is 17.4. The Bertz CT molecular complexity index is 715. The van der Waals surface area contributed by atoms with Crippen LogP contribution in [0.25, 0.3) is 0 Å². The number of rotatable bonds is 5. The van der Waals surface area contributed by atoms with E-state index >= 15 is 0 Å². The van der Waals surface area contributed by atoms with E-state index in [1.54, 1.807) is 24.1 Å². The van der Waals surface area contributed by atoms with Gasteiger partial charge in [-0.25, -0.2) is 8.42 Å². The van der Waals surface area contributed by atoms with Gasteiger partial charge in [0.2, 0.25) is 5.91 Å². The van der Waals surface area contributed by atoms with Crippen LogP contribution in [0.3, 0.4) is 0 Å². The van der Waals surface area contributed by atoms with Crippen LogP contribution in [-0.2, 0) is 19.6 Å². The van der Waals surface area contributed by atoms with Crippen molar-refractivity contribution < 1.29 is 17.9 Å². The second-order valence-corrected chi connectivity index (χ2v) is 11.2. The molecule has 0 saturated carbocycles. The molecule has 0 radical (unpaired) electrons. The van der Waals surface area contributed by atoms with E-state index in [4.69, 9.17) is 4.74 Å². The molecule has 140 valence electrons. The van der Waals surface area contributed by atoms with Gasteiger partial charge in [-0.2, -0.15) is 4.31 Å². The van der Waals surface area contributed by atoms with E-state index in [1.807, 2.05) is 0 Å². The summed E-state index contributed by atoms with van der Waals surface area (Å²) in [5.74, 6) is -0.263. The average Bonchev–Trinajstić information content (AvgIpc) is 3.26. The first kappa shape index (κ1) is 19.3. The van der Waals surface area contributed by atoms with Crippen LogP contribution in [-0.4, -0.2) is 62.9 Å². The molecule has 0 N–H and O–H groups in total. The molecule has 1 amide bonds. The normalized spacial score (nSPS) is 25.2. The van der Waals surface area contributed by atoms with Crippen LogP contribution in [0.5, 0.6) is 0 Å². The molecule has 2 fully saturated rings. The van der Waals surface area contributed by atoms with Crippen LogP contribution in [0, 0.1) is 5.92 Å². The molecular formula is C16H23BrN2O4S2. The highest BCUT2D eigenvalue weighted by atomic mass is 79.9. The maximum Gasteiger partial charge on any atom is 0.252 e. The highest BCUT2D eigenvalue weighted by Crippen LogP contribution is 2.31. The molecule has 6 nitrogen and oxygen atoms in total. The molecular weight excluding hydrogens is 428 g/mol. The van der Waals surface area contributed by atoms with Crippen molar-refractivity contribution in [3.63, 3.8) is 0 Å². The maximum atomic E-state index is 12.8. The van der Waals surface area contributed by atoms with Crippen molar-refractivity contribution in [3.8, 4) is 0 Å². The van der Waals surface area contributed by atoms with Crippen LogP contribution in [0.15, 0.2) is 20.1 Å². The molecule has 2 aliphatic rings. The molecule has 25 heavy (non-hydrogen) atoms. The third-order valence-corrected chi connectivity index (χ3v) is 8.71. The van der Waals surface area contributed by atoms with Crippen LogP contribution in [0.4, 0.5) is 0 Å². The first-order valence-electron chi connectivity index (χ1n) is 8.50. The van der Waals surface area contributed by atoms with Crippen molar-refractivity contribution in [2.24, 2.45) is 5.92 Å². The summed E-state index contributed by atoms with van der Waals surface area (Å²) in [5, 5.41) is 0. The van der Waals surface area contributed by atoms with Gasteiger partial charge in [-0.05, 0) is 53.7 Å². The van der Waals surface area contributed by atoms with Gasteiger partial charge in [0, 0.05) is 33.3 Å². The van der Waals surface area contributed by atoms with E-state index in [9.17, 15) is 13.2 Å². The smallest absolute Gasteiger partial charge is 0.252 e. The number of thiophene rings is 1. The molecule has 0 spiro atoms. The molecule has 0 bridgehead atoms. The lowest BCUT2D eigenvalue weighted by atomic mass is 9.98. The number of piperidine rings is 1. The second-order valence-electron chi connectivity index (χ2n) is 6.61. The summed E-state index contributed by atoms with van der Waals surface area (Å²) in [6.45, 7) is 2.07. The average molecular weight is 451 g/mol. The highest BCUT2D eigenvalue weighted by Gasteiger charge is 2.35. The number of ether oxygens (including phenoxy) is 1. The van der Waals surface area contributed by atoms with E-state index < -0.39 is 10.0 Å². The molecule has 2 saturated heterocycles. The van der Waals surface area contributed by atoms with Gasteiger partial charge in [0.15, 0.2) is 0 Å². The number of hydrogen-bond acceptors (Lipinski definition) is 5. The first-order valence-corrected chi connectivity index (χ1v) is 11.5. The quantitative estimate of drug-likeness (QED) is 0.690. The molecule has 1 aromatic heterocycles. The Kier molecular flexibility index (Phi) is 6.20. The Labute approximate surface area is 161 Å². The molecule has 0 aliphatic carbocycles. The minimum absolute atomic E-state index is 0.0164. The fraction of sp³-hybridized carbons (Fsp3) is 0.688. The summed E-state index contributed by atoms with van der Waals surface area (Å²) in [4.78, 5) is 14.4.